The molecule has 0 bridgehead atoms. The molecule has 1 aliphatic heterocycles. The molecule has 0 unspecified atom stereocenters. The van der Waals surface area contributed by atoms with Crippen LogP contribution in [0.3, 0.4) is 0 Å². The van der Waals surface area contributed by atoms with E-state index in [2.05, 4.69) is 25.3 Å². The predicted octanol–water partition coefficient (Wildman–Crippen LogP) is 3.86. The number of nitrogens with one attached hydrogen (secondary N) is 1. The fourth-order valence-corrected chi connectivity index (χ4v) is 4.30. The molecule has 37 heavy (non-hydrogen) atoms. The van der Waals surface area contributed by atoms with Gasteiger partial charge in [0, 0.05) is 25.0 Å². The molecule has 0 spiro atoms. The number of rotatable bonds is 5. The van der Waals surface area contributed by atoms with Gasteiger partial charge in [0.2, 0.25) is 5.91 Å². The molecule has 9 nitrogen and oxygen atoms in total. The molecule has 1 aliphatic rings. The Morgan fingerprint density at radius 2 is 1.92 bits per heavy atom. The summed E-state index contributed by atoms with van der Waals surface area (Å²) < 4.78 is 66.5. The zero-order chi connectivity index (χ0) is 26.8. The highest BCUT2D eigenvalue weighted by atomic mass is 19.4. The van der Waals surface area contributed by atoms with Gasteiger partial charge < -0.3 is 20.6 Å². The minimum absolute atomic E-state index is 0.0190. The third-order valence-corrected chi connectivity index (χ3v) is 6.31. The number of nitrogens with two attached hydrogens (primary N) is 1. The molecule has 1 amide bonds. The number of amides is 1. The number of phenolic OH excluding ortho intramolecular Hbond substituents is 1. The number of imidazole rings is 1. The average molecular weight is 519 g/mol. The van der Waals surface area contributed by atoms with Crippen molar-refractivity contribution in [3.63, 3.8) is 0 Å². The van der Waals surface area contributed by atoms with Gasteiger partial charge in [-0.25, -0.2) is 19.9 Å². The van der Waals surface area contributed by atoms with Gasteiger partial charge in [0.1, 0.15) is 28.5 Å². The highest BCUT2D eigenvalue weighted by Crippen LogP contribution is 2.45. The van der Waals surface area contributed by atoms with Gasteiger partial charge in [0.15, 0.2) is 11.5 Å². The zero-order valence-corrected chi connectivity index (χ0v) is 19.0. The number of alkyl halides is 5. The standard InChI is InChI=1S/C23H18F5N7O2/c1-21(11-3-2-4-12(36)9-11)15-16(29)32-17(33-18(15)34-20(21)37)14-10-35-8-7-30-19(35)13(31-14)5-6-22(24,25)23(26,27)28/h2-4,7-10,36H,5-6H2,1H3,(H3,29,32,33,34,37)/t21-/m0/s1. The van der Waals surface area contributed by atoms with E-state index < -0.39 is 36.3 Å². The third-order valence-electron chi connectivity index (χ3n) is 6.31. The Kier molecular flexibility index (Phi) is 5.31. The van der Waals surface area contributed by atoms with Gasteiger partial charge >= 0.3 is 12.1 Å². The number of carbonyl (C=O) groups excluding carboxylic acids is 1. The van der Waals surface area contributed by atoms with Crippen LogP contribution >= 0.6 is 0 Å². The van der Waals surface area contributed by atoms with Crippen LogP contribution in [0.25, 0.3) is 17.2 Å². The lowest BCUT2D eigenvalue weighted by atomic mass is 9.77. The Morgan fingerprint density at radius 1 is 1.16 bits per heavy atom. The molecule has 3 aromatic heterocycles. The molecule has 5 rings (SSSR count). The number of nitrogen functional groups attached to an aromatic ring is 1. The maximum Gasteiger partial charge on any atom is 0.453 e. The minimum atomic E-state index is -5.70. The molecule has 1 atom stereocenters. The first-order valence-electron chi connectivity index (χ1n) is 10.9. The zero-order valence-electron chi connectivity index (χ0n) is 19.0. The van der Waals surface area contributed by atoms with Crippen LogP contribution in [0.1, 0.15) is 30.2 Å². The van der Waals surface area contributed by atoms with Crippen LogP contribution in [0.15, 0.2) is 42.9 Å². The lowest BCUT2D eigenvalue weighted by molar-refractivity contribution is -0.284. The van der Waals surface area contributed by atoms with Crippen LogP contribution in [0.4, 0.5) is 33.6 Å². The number of hydrogen-bond donors (Lipinski definition) is 3. The van der Waals surface area contributed by atoms with E-state index >= 15 is 0 Å². The molecule has 0 aliphatic carbocycles. The summed E-state index contributed by atoms with van der Waals surface area (Å²) in [5.74, 6) is -5.53. The number of benzene rings is 1. The summed E-state index contributed by atoms with van der Waals surface area (Å²) >= 11 is 0. The summed E-state index contributed by atoms with van der Waals surface area (Å²) in [5.41, 5.74) is 5.62. The third kappa shape index (κ3) is 3.88. The van der Waals surface area contributed by atoms with Crippen molar-refractivity contribution in [2.75, 3.05) is 11.1 Å². The molecule has 0 fully saturated rings. The van der Waals surface area contributed by atoms with Crippen molar-refractivity contribution >= 4 is 23.2 Å². The molecule has 4 heterocycles. The van der Waals surface area contributed by atoms with Crippen molar-refractivity contribution in [3.8, 4) is 17.3 Å². The molecule has 1 aromatic carbocycles. The van der Waals surface area contributed by atoms with E-state index in [1.165, 1.54) is 35.1 Å². The number of aryl methyl sites for hydroxylation is 1. The van der Waals surface area contributed by atoms with E-state index in [-0.39, 0.29) is 45.8 Å². The van der Waals surface area contributed by atoms with Crippen LogP contribution in [0.5, 0.6) is 5.75 Å². The number of fused-ring (bicyclic) bond motifs is 2. The maximum absolute atomic E-state index is 13.6. The quantitative estimate of drug-likeness (QED) is 0.341. The number of aromatic nitrogens is 5. The molecule has 0 saturated carbocycles. The van der Waals surface area contributed by atoms with Crippen molar-refractivity contribution in [3.05, 3.63) is 59.7 Å². The summed E-state index contributed by atoms with van der Waals surface area (Å²) in [6, 6.07) is 6.07. The largest absolute Gasteiger partial charge is 0.508 e. The van der Waals surface area contributed by atoms with E-state index in [1.807, 2.05) is 0 Å². The number of phenols is 1. The van der Waals surface area contributed by atoms with Gasteiger partial charge in [0.05, 0.1) is 11.3 Å². The highest BCUT2D eigenvalue weighted by Gasteiger charge is 2.56. The Bertz CT molecular complexity index is 1550. The van der Waals surface area contributed by atoms with Crippen LogP contribution in [-0.4, -0.2) is 47.4 Å². The van der Waals surface area contributed by atoms with Gasteiger partial charge in [-0.2, -0.15) is 22.0 Å². The normalized spacial score (nSPS) is 17.7. The first-order chi connectivity index (χ1) is 17.3. The SMILES string of the molecule is C[C@@]1(c2cccc(O)c2)C(=O)Nc2nc(-c3cn4ccnc4c(CCC(F)(F)C(F)(F)F)n3)nc(N)c21. The van der Waals surface area contributed by atoms with Crippen molar-refractivity contribution in [2.24, 2.45) is 0 Å². The second-order valence-electron chi connectivity index (χ2n) is 8.72. The molecular weight excluding hydrogens is 501 g/mol. The first-order valence-corrected chi connectivity index (χ1v) is 10.9. The fourth-order valence-electron chi connectivity index (χ4n) is 4.30. The van der Waals surface area contributed by atoms with Crippen molar-refractivity contribution < 1.29 is 31.9 Å². The summed E-state index contributed by atoms with van der Waals surface area (Å²) in [6.45, 7) is 1.59. The fraction of sp³-hybridized carbons (Fsp3) is 0.261. The van der Waals surface area contributed by atoms with Gasteiger partial charge in [-0.05, 0) is 31.0 Å². The van der Waals surface area contributed by atoms with Gasteiger partial charge in [-0.1, -0.05) is 12.1 Å². The highest BCUT2D eigenvalue weighted by molar-refractivity contribution is 6.09. The minimum Gasteiger partial charge on any atom is -0.508 e. The van der Waals surface area contributed by atoms with Crippen molar-refractivity contribution in [1.82, 2.24) is 24.3 Å². The topological polar surface area (TPSA) is 131 Å². The molecule has 4 N–H and O–H groups in total. The van der Waals surface area contributed by atoms with Gasteiger partial charge in [-0.15, -0.1) is 0 Å². The second-order valence-corrected chi connectivity index (χ2v) is 8.72. The smallest absolute Gasteiger partial charge is 0.453 e. The van der Waals surface area contributed by atoms with Crippen LogP contribution < -0.4 is 11.1 Å². The molecule has 0 saturated heterocycles. The van der Waals surface area contributed by atoms with E-state index in [4.69, 9.17) is 5.73 Å². The number of nitrogens with zero attached hydrogens (tertiary/aromatic N) is 5. The Hall–Kier alpha value is -4.36. The van der Waals surface area contributed by atoms with E-state index in [0.717, 1.165) is 0 Å². The molecular formula is C23H18F5N7O2. The van der Waals surface area contributed by atoms with Gasteiger partial charge in [-0.3, -0.25) is 4.79 Å². The number of hydrogen-bond acceptors (Lipinski definition) is 7. The Morgan fingerprint density at radius 3 is 2.62 bits per heavy atom. The summed E-state index contributed by atoms with van der Waals surface area (Å²) in [7, 11) is 0. The number of carbonyl (C=O) groups is 1. The molecule has 14 heteroatoms. The average Bonchev–Trinajstić information content (AvgIpc) is 3.39. The summed E-state index contributed by atoms with van der Waals surface area (Å²) in [6.07, 6.45) is -3.74. The second kappa shape index (κ2) is 8.08. The van der Waals surface area contributed by atoms with Gasteiger partial charge in [0.25, 0.3) is 0 Å². The number of aromatic hydroxyl groups is 1. The van der Waals surface area contributed by atoms with Crippen LogP contribution in [-0.2, 0) is 16.6 Å². The van der Waals surface area contributed by atoms with E-state index in [9.17, 15) is 31.9 Å². The van der Waals surface area contributed by atoms with Crippen molar-refractivity contribution in [2.45, 2.75) is 37.3 Å². The number of halogens is 5. The molecule has 4 aromatic rings. The number of anilines is 2. The first kappa shape index (κ1) is 24.3. The lowest BCUT2D eigenvalue weighted by Crippen LogP contribution is -2.36. The summed E-state index contributed by atoms with van der Waals surface area (Å²) in [4.78, 5) is 29.8. The Labute approximate surface area is 205 Å². The van der Waals surface area contributed by atoms with Crippen molar-refractivity contribution in [1.29, 1.82) is 0 Å². The monoisotopic (exact) mass is 519 g/mol. The van der Waals surface area contributed by atoms with Crippen LogP contribution in [0.2, 0.25) is 0 Å². The maximum atomic E-state index is 13.6. The van der Waals surface area contributed by atoms with E-state index in [0.29, 0.717) is 5.56 Å². The molecule has 0 radical (unpaired) electrons. The molecule has 192 valence electrons. The predicted molar refractivity (Wildman–Crippen MR) is 121 cm³/mol. The summed E-state index contributed by atoms with van der Waals surface area (Å²) in [5, 5.41) is 12.5. The van der Waals surface area contributed by atoms with Crippen LogP contribution in [0, 0.1) is 0 Å². The lowest BCUT2D eigenvalue weighted by Gasteiger charge is -2.23. The Balaban J connectivity index is 1.57. The van der Waals surface area contributed by atoms with E-state index in [1.54, 1.807) is 19.1 Å².